The highest BCUT2D eigenvalue weighted by Crippen LogP contribution is 2.23. The summed E-state index contributed by atoms with van der Waals surface area (Å²) in [6, 6.07) is 15.3. The molecule has 1 heterocycles. The number of benzene rings is 2. The molecular weight excluding hydrogens is 304 g/mol. The quantitative estimate of drug-likeness (QED) is 0.585. The van der Waals surface area contributed by atoms with Crippen LogP contribution in [0.15, 0.2) is 60.8 Å². The Kier molecular flexibility index (Phi) is 4.41. The van der Waals surface area contributed by atoms with Gasteiger partial charge < -0.3 is 21.9 Å². The maximum atomic E-state index is 12.3. The molecule has 2 aromatic carbocycles. The number of hydrogen-bond acceptors (Lipinski definition) is 5. The molecule has 3 rings (SSSR count). The van der Waals surface area contributed by atoms with E-state index in [4.69, 9.17) is 11.5 Å². The van der Waals surface area contributed by atoms with Crippen LogP contribution in [0.5, 0.6) is 0 Å². The molecule has 6 N–H and O–H groups in total. The van der Waals surface area contributed by atoms with Crippen molar-refractivity contribution >= 4 is 28.2 Å². The number of hydrogen-bond donors (Lipinski definition) is 4. The van der Waals surface area contributed by atoms with Crippen molar-refractivity contribution in [2.24, 2.45) is 5.73 Å². The van der Waals surface area contributed by atoms with Crippen LogP contribution >= 0.6 is 0 Å². The zero-order valence-electron chi connectivity index (χ0n) is 12.9. The largest absolute Gasteiger partial charge is 0.383 e. The number of fused-ring (bicyclic) bond motifs is 1. The predicted octanol–water partition coefficient (Wildman–Crippen LogP) is 1.82. The Morgan fingerprint density at radius 3 is 2.62 bits per heavy atom. The van der Waals surface area contributed by atoms with Gasteiger partial charge in [0.15, 0.2) is 6.10 Å². The highest BCUT2D eigenvalue weighted by atomic mass is 16.3. The summed E-state index contributed by atoms with van der Waals surface area (Å²) in [5.74, 6) is -0.196. The highest BCUT2D eigenvalue weighted by Gasteiger charge is 2.24. The number of aromatic nitrogens is 1. The number of pyridine rings is 1. The van der Waals surface area contributed by atoms with Crippen LogP contribution in [-0.4, -0.2) is 22.1 Å². The minimum Gasteiger partial charge on any atom is -0.383 e. The Morgan fingerprint density at radius 2 is 1.88 bits per heavy atom. The number of aliphatic hydroxyl groups is 1. The summed E-state index contributed by atoms with van der Waals surface area (Å²) in [6.07, 6.45) is 0.257. The summed E-state index contributed by atoms with van der Waals surface area (Å²) in [6.45, 7) is 0. The minimum atomic E-state index is -1.37. The summed E-state index contributed by atoms with van der Waals surface area (Å²) < 4.78 is 0. The Balaban J connectivity index is 1.78. The van der Waals surface area contributed by atoms with Crippen LogP contribution in [0.4, 0.5) is 11.5 Å². The average molecular weight is 322 g/mol. The van der Waals surface area contributed by atoms with Gasteiger partial charge >= 0.3 is 0 Å². The molecule has 0 bridgehead atoms. The first-order valence-electron chi connectivity index (χ1n) is 7.50. The zero-order chi connectivity index (χ0) is 17.1. The van der Waals surface area contributed by atoms with Crippen LogP contribution in [0.3, 0.4) is 0 Å². The van der Waals surface area contributed by atoms with Crippen LogP contribution in [0, 0.1) is 0 Å². The van der Waals surface area contributed by atoms with Crippen molar-refractivity contribution in [1.29, 1.82) is 0 Å². The fourth-order valence-corrected chi connectivity index (χ4v) is 2.51. The summed E-state index contributed by atoms with van der Waals surface area (Å²) in [5.41, 5.74) is 13.0. The van der Waals surface area contributed by atoms with E-state index in [1.807, 2.05) is 18.2 Å². The van der Waals surface area contributed by atoms with Crippen molar-refractivity contribution in [2.75, 3.05) is 11.1 Å². The van der Waals surface area contributed by atoms with E-state index in [-0.39, 0.29) is 0 Å². The van der Waals surface area contributed by atoms with Crippen LogP contribution < -0.4 is 16.8 Å². The molecule has 1 aromatic heterocycles. The Labute approximate surface area is 139 Å². The lowest BCUT2D eigenvalue weighted by molar-refractivity contribution is -0.125. The zero-order valence-corrected chi connectivity index (χ0v) is 12.9. The van der Waals surface area contributed by atoms with Crippen molar-refractivity contribution < 1.29 is 9.90 Å². The van der Waals surface area contributed by atoms with Gasteiger partial charge in [0.25, 0.3) is 5.91 Å². The van der Waals surface area contributed by atoms with E-state index in [9.17, 15) is 9.90 Å². The van der Waals surface area contributed by atoms with E-state index in [1.165, 1.54) is 0 Å². The monoisotopic (exact) mass is 322 g/mol. The molecule has 122 valence electrons. The Bertz CT molecular complexity index is 867. The fourth-order valence-electron chi connectivity index (χ4n) is 2.51. The number of nitrogen functional groups attached to an aromatic ring is 1. The molecule has 0 saturated carbocycles. The number of carbonyl (C=O) groups is 1. The summed E-state index contributed by atoms with van der Waals surface area (Å²) >= 11 is 0. The lowest BCUT2D eigenvalue weighted by Crippen LogP contribution is -2.37. The van der Waals surface area contributed by atoms with Gasteiger partial charge in [-0.3, -0.25) is 4.79 Å². The molecule has 0 aliphatic rings. The molecule has 0 fully saturated rings. The van der Waals surface area contributed by atoms with Crippen molar-refractivity contribution in [3.63, 3.8) is 0 Å². The lowest BCUT2D eigenvalue weighted by Gasteiger charge is -2.19. The fraction of sp³-hybridized carbons (Fsp3) is 0.111. The molecule has 24 heavy (non-hydrogen) atoms. The molecule has 0 spiro atoms. The molecule has 0 aliphatic carbocycles. The van der Waals surface area contributed by atoms with Gasteiger partial charge in [-0.25, -0.2) is 4.98 Å². The SMILES string of the molecule is Nc1nccc2ccc(NC(=O)[C@H](O)[C@@H](N)c3ccccc3)cc12. The first-order chi connectivity index (χ1) is 11.6. The van der Waals surface area contributed by atoms with E-state index >= 15 is 0 Å². The van der Waals surface area contributed by atoms with Gasteiger partial charge in [0, 0.05) is 17.3 Å². The van der Waals surface area contributed by atoms with Gasteiger partial charge in [-0.15, -0.1) is 0 Å². The number of rotatable bonds is 4. The average Bonchev–Trinajstić information content (AvgIpc) is 2.62. The number of carbonyl (C=O) groups excluding carboxylic acids is 1. The standard InChI is InChI=1S/C18H18N4O2/c19-15(12-4-2-1-3-5-12)16(23)18(24)22-13-7-6-11-8-9-21-17(20)14(11)10-13/h1-10,15-16,23H,19H2,(H2,20,21)(H,22,24)/t15-,16+/m0/s1. The topological polar surface area (TPSA) is 114 Å². The van der Waals surface area contributed by atoms with Crippen LogP contribution in [0.25, 0.3) is 10.8 Å². The second-order valence-electron chi connectivity index (χ2n) is 5.50. The van der Waals surface area contributed by atoms with Crippen molar-refractivity contribution in [3.05, 3.63) is 66.4 Å². The van der Waals surface area contributed by atoms with Gasteiger partial charge in [-0.2, -0.15) is 0 Å². The van der Waals surface area contributed by atoms with Gasteiger partial charge in [0.2, 0.25) is 0 Å². The molecule has 6 heteroatoms. The van der Waals surface area contributed by atoms with E-state index in [0.29, 0.717) is 17.1 Å². The molecule has 2 atom stereocenters. The first kappa shape index (κ1) is 15.9. The molecule has 0 radical (unpaired) electrons. The van der Waals surface area contributed by atoms with Gasteiger partial charge in [-0.05, 0) is 29.1 Å². The molecule has 0 aliphatic heterocycles. The molecular formula is C18H18N4O2. The number of aliphatic hydroxyl groups excluding tert-OH is 1. The van der Waals surface area contributed by atoms with E-state index in [1.54, 1.807) is 42.6 Å². The van der Waals surface area contributed by atoms with Crippen LogP contribution in [0.1, 0.15) is 11.6 Å². The third-order valence-electron chi connectivity index (χ3n) is 3.86. The maximum Gasteiger partial charge on any atom is 0.255 e. The predicted molar refractivity (Wildman–Crippen MR) is 94.2 cm³/mol. The Hall–Kier alpha value is -2.96. The second kappa shape index (κ2) is 6.66. The van der Waals surface area contributed by atoms with E-state index < -0.39 is 18.1 Å². The third-order valence-corrected chi connectivity index (χ3v) is 3.86. The van der Waals surface area contributed by atoms with Crippen molar-refractivity contribution in [2.45, 2.75) is 12.1 Å². The molecule has 3 aromatic rings. The van der Waals surface area contributed by atoms with Gasteiger partial charge in [-0.1, -0.05) is 36.4 Å². The van der Waals surface area contributed by atoms with E-state index in [0.717, 1.165) is 10.8 Å². The van der Waals surface area contributed by atoms with Crippen LogP contribution in [0.2, 0.25) is 0 Å². The van der Waals surface area contributed by atoms with Gasteiger partial charge in [0.1, 0.15) is 5.82 Å². The summed E-state index contributed by atoms with van der Waals surface area (Å²) in [5, 5.41) is 14.5. The van der Waals surface area contributed by atoms with E-state index in [2.05, 4.69) is 10.3 Å². The maximum absolute atomic E-state index is 12.3. The Morgan fingerprint density at radius 1 is 1.12 bits per heavy atom. The van der Waals surface area contributed by atoms with Gasteiger partial charge in [0.05, 0.1) is 6.04 Å². The van der Waals surface area contributed by atoms with Crippen LogP contribution in [-0.2, 0) is 4.79 Å². The number of nitrogens with two attached hydrogens (primary N) is 2. The smallest absolute Gasteiger partial charge is 0.255 e. The van der Waals surface area contributed by atoms with Crippen molar-refractivity contribution in [1.82, 2.24) is 4.98 Å². The highest BCUT2D eigenvalue weighted by molar-refractivity contribution is 5.99. The summed E-state index contributed by atoms with van der Waals surface area (Å²) in [4.78, 5) is 16.3. The normalized spacial score (nSPS) is 13.4. The third kappa shape index (κ3) is 3.19. The number of nitrogens with zero attached hydrogens (tertiary/aromatic N) is 1. The molecule has 6 nitrogen and oxygen atoms in total. The number of amides is 1. The lowest BCUT2D eigenvalue weighted by atomic mass is 10.0. The molecule has 0 unspecified atom stereocenters. The van der Waals surface area contributed by atoms with Crippen molar-refractivity contribution in [3.8, 4) is 0 Å². The number of anilines is 2. The molecule has 0 saturated heterocycles. The number of nitrogens with one attached hydrogen (secondary N) is 1. The molecule has 1 amide bonds. The summed E-state index contributed by atoms with van der Waals surface area (Å²) in [7, 11) is 0. The second-order valence-corrected chi connectivity index (χ2v) is 5.50. The first-order valence-corrected chi connectivity index (χ1v) is 7.50. The minimum absolute atomic E-state index is 0.380.